The molecular weight excluding hydrogens is 268 g/mol. The maximum absolute atomic E-state index is 6.02. The molecule has 4 heteroatoms. The van der Waals surface area contributed by atoms with Gasteiger partial charge >= 0.3 is 0 Å². The molecular formula is C16H20N2OS. The first-order valence-corrected chi connectivity index (χ1v) is 7.26. The Kier molecular flexibility index (Phi) is 4.93. The molecule has 0 aromatic heterocycles. The molecule has 0 radical (unpaired) electrons. The van der Waals surface area contributed by atoms with Gasteiger partial charge in [-0.1, -0.05) is 23.9 Å². The first-order valence-electron chi connectivity index (χ1n) is 6.44. The van der Waals surface area contributed by atoms with Crippen molar-refractivity contribution in [2.24, 2.45) is 0 Å². The fraction of sp³-hybridized carbons (Fsp3) is 0.250. The highest BCUT2D eigenvalue weighted by molar-refractivity contribution is 7.99. The zero-order valence-electron chi connectivity index (χ0n) is 12.1. The van der Waals surface area contributed by atoms with Crippen LogP contribution in [-0.4, -0.2) is 26.1 Å². The second-order valence-corrected chi connectivity index (χ2v) is 5.94. The van der Waals surface area contributed by atoms with Crippen molar-refractivity contribution in [3.63, 3.8) is 0 Å². The minimum atomic E-state index is 0.809. The average molecular weight is 288 g/mol. The average Bonchev–Trinajstić information content (AvgIpc) is 2.42. The summed E-state index contributed by atoms with van der Waals surface area (Å²) in [5.41, 5.74) is 8.07. The van der Waals surface area contributed by atoms with E-state index in [0.29, 0.717) is 0 Å². The number of para-hydroxylation sites is 1. The van der Waals surface area contributed by atoms with Crippen LogP contribution < -0.4 is 10.5 Å². The fourth-order valence-electron chi connectivity index (χ4n) is 1.94. The minimum absolute atomic E-state index is 0.809. The third-order valence-corrected chi connectivity index (χ3v) is 4.10. The molecule has 0 spiro atoms. The SMILES string of the molecule is COc1ccc(Sc2ccccc2N)c(CN(C)C)c1. The Morgan fingerprint density at radius 2 is 1.85 bits per heavy atom. The maximum Gasteiger partial charge on any atom is 0.119 e. The van der Waals surface area contributed by atoms with E-state index >= 15 is 0 Å². The second-order valence-electron chi connectivity index (χ2n) is 4.85. The van der Waals surface area contributed by atoms with Gasteiger partial charge in [0.05, 0.1) is 7.11 Å². The number of hydrogen-bond acceptors (Lipinski definition) is 4. The molecule has 0 bridgehead atoms. The summed E-state index contributed by atoms with van der Waals surface area (Å²) in [7, 11) is 5.81. The van der Waals surface area contributed by atoms with Crippen LogP contribution in [0.5, 0.6) is 5.75 Å². The highest BCUT2D eigenvalue weighted by Crippen LogP contribution is 2.35. The summed E-state index contributed by atoms with van der Waals surface area (Å²) in [4.78, 5) is 4.43. The van der Waals surface area contributed by atoms with E-state index in [1.165, 1.54) is 10.5 Å². The number of rotatable bonds is 5. The molecule has 3 nitrogen and oxygen atoms in total. The van der Waals surface area contributed by atoms with E-state index in [1.807, 2.05) is 30.3 Å². The normalized spacial score (nSPS) is 10.8. The number of nitrogens with zero attached hydrogens (tertiary/aromatic N) is 1. The molecule has 0 amide bonds. The number of ether oxygens (including phenoxy) is 1. The minimum Gasteiger partial charge on any atom is -0.497 e. The molecule has 0 atom stereocenters. The van der Waals surface area contributed by atoms with Crippen LogP contribution in [0.4, 0.5) is 5.69 Å². The van der Waals surface area contributed by atoms with Crippen molar-refractivity contribution in [2.45, 2.75) is 16.3 Å². The standard InChI is InChI=1S/C16H20N2OS/c1-18(2)11-12-10-13(19-3)8-9-15(12)20-16-7-5-4-6-14(16)17/h4-10H,11,17H2,1-3H3. The van der Waals surface area contributed by atoms with Gasteiger partial charge in [0.25, 0.3) is 0 Å². The molecule has 0 unspecified atom stereocenters. The molecule has 0 saturated carbocycles. The molecule has 2 aromatic rings. The van der Waals surface area contributed by atoms with Crippen molar-refractivity contribution in [3.8, 4) is 5.75 Å². The number of anilines is 1. The molecule has 0 fully saturated rings. The summed E-state index contributed by atoms with van der Waals surface area (Å²) in [5, 5.41) is 0. The van der Waals surface area contributed by atoms with Gasteiger partial charge in [0, 0.05) is 22.0 Å². The Labute approximate surface area is 124 Å². The van der Waals surface area contributed by atoms with Gasteiger partial charge in [-0.05, 0) is 50.0 Å². The second kappa shape index (κ2) is 6.68. The monoisotopic (exact) mass is 288 g/mol. The molecule has 106 valence electrons. The predicted molar refractivity (Wildman–Crippen MR) is 85.4 cm³/mol. The molecule has 2 aromatic carbocycles. The lowest BCUT2D eigenvalue weighted by molar-refractivity contribution is 0.392. The van der Waals surface area contributed by atoms with Gasteiger partial charge in [0.15, 0.2) is 0 Å². The fourth-order valence-corrected chi connectivity index (χ4v) is 2.90. The summed E-state index contributed by atoms with van der Waals surface area (Å²) >= 11 is 1.69. The van der Waals surface area contributed by atoms with E-state index in [4.69, 9.17) is 10.5 Å². The van der Waals surface area contributed by atoms with Crippen LogP contribution in [0.1, 0.15) is 5.56 Å². The third-order valence-electron chi connectivity index (χ3n) is 2.89. The van der Waals surface area contributed by atoms with Crippen molar-refractivity contribution in [1.82, 2.24) is 4.90 Å². The number of benzene rings is 2. The van der Waals surface area contributed by atoms with Crippen LogP contribution >= 0.6 is 11.8 Å². The summed E-state index contributed by atoms with van der Waals surface area (Å²) in [5.74, 6) is 0.882. The zero-order valence-corrected chi connectivity index (χ0v) is 12.9. The number of nitrogen functional groups attached to an aromatic ring is 1. The molecule has 0 heterocycles. The van der Waals surface area contributed by atoms with E-state index in [-0.39, 0.29) is 0 Å². The van der Waals surface area contributed by atoms with Crippen LogP contribution in [-0.2, 0) is 6.54 Å². The first-order chi connectivity index (χ1) is 9.60. The van der Waals surface area contributed by atoms with E-state index in [9.17, 15) is 0 Å². The first kappa shape index (κ1) is 14.8. The predicted octanol–water partition coefficient (Wildman–Crippen LogP) is 3.49. The van der Waals surface area contributed by atoms with Gasteiger partial charge in [0.1, 0.15) is 5.75 Å². The molecule has 0 aliphatic heterocycles. The van der Waals surface area contributed by atoms with Gasteiger partial charge in [-0.2, -0.15) is 0 Å². The Bertz CT molecular complexity index is 584. The highest BCUT2D eigenvalue weighted by Gasteiger charge is 2.09. The lowest BCUT2D eigenvalue weighted by atomic mass is 10.2. The van der Waals surface area contributed by atoms with Crippen LogP contribution in [0, 0.1) is 0 Å². The Balaban J connectivity index is 2.33. The summed E-state index contributed by atoms with van der Waals surface area (Å²) < 4.78 is 5.31. The van der Waals surface area contributed by atoms with Gasteiger partial charge in [0.2, 0.25) is 0 Å². The zero-order chi connectivity index (χ0) is 14.5. The molecule has 0 aliphatic rings. The Hall–Kier alpha value is -1.65. The number of hydrogen-bond donors (Lipinski definition) is 1. The van der Waals surface area contributed by atoms with E-state index in [0.717, 1.165) is 22.9 Å². The Morgan fingerprint density at radius 3 is 2.50 bits per heavy atom. The van der Waals surface area contributed by atoms with Gasteiger partial charge in [-0.15, -0.1) is 0 Å². The Morgan fingerprint density at radius 1 is 1.10 bits per heavy atom. The lowest BCUT2D eigenvalue weighted by Gasteiger charge is -2.15. The smallest absolute Gasteiger partial charge is 0.119 e. The van der Waals surface area contributed by atoms with Gasteiger partial charge < -0.3 is 15.4 Å². The van der Waals surface area contributed by atoms with Crippen LogP contribution in [0.15, 0.2) is 52.3 Å². The van der Waals surface area contributed by atoms with E-state index in [2.05, 4.69) is 31.1 Å². The van der Waals surface area contributed by atoms with Gasteiger partial charge in [-0.3, -0.25) is 0 Å². The number of nitrogens with two attached hydrogens (primary N) is 1. The summed E-state index contributed by atoms with van der Waals surface area (Å²) in [6.45, 7) is 0.867. The molecule has 20 heavy (non-hydrogen) atoms. The summed E-state index contributed by atoms with van der Waals surface area (Å²) in [6.07, 6.45) is 0. The van der Waals surface area contributed by atoms with Gasteiger partial charge in [-0.25, -0.2) is 0 Å². The van der Waals surface area contributed by atoms with Crippen molar-refractivity contribution in [3.05, 3.63) is 48.0 Å². The largest absolute Gasteiger partial charge is 0.497 e. The summed E-state index contributed by atoms with van der Waals surface area (Å²) in [6, 6.07) is 14.1. The van der Waals surface area contributed by atoms with Crippen molar-refractivity contribution >= 4 is 17.4 Å². The maximum atomic E-state index is 6.02. The van der Waals surface area contributed by atoms with Crippen LogP contribution in [0.25, 0.3) is 0 Å². The molecule has 0 saturated heterocycles. The van der Waals surface area contributed by atoms with E-state index < -0.39 is 0 Å². The lowest BCUT2D eigenvalue weighted by Crippen LogP contribution is -2.11. The van der Waals surface area contributed by atoms with E-state index in [1.54, 1.807) is 18.9 Å². The molecule has 0 aliphatic carbocycles. The highest BCUT2D eigenvalue weighted by atomic mass is 32.2. The third kappa shape index (κ3) is 3.68. The number of methoxy groups -OCH3 is 1. The van der Waals surface area contributed by atoms with Crippen molar-refractivity contribution in [1.29, 1.82) is 0 Å². The van der Waals surface area contributed by atoms with Crippen molar-refractivity contribution < 1.29 is 4.74 Å². The van der Waals surface area contributed by atoms with Crippen LogP contribution in [0.3, 0.4) is 0 Å². The molecule has 2 N–H and O–H groups in total. The van der Waals surface area contributed by atoms with Crippen LogP contribution in [0.2, 0.25) is 0 Å². The van der Waals surface area contributed by atoms with Crippen molar-refractivity contribution in [2.75, 3.05) is 26.9 Å². The quantitative estimate of drug-likeness (QED) is 0.855. The molecule has 2 rings (SSSR count). The topological polar surface area (TPSA) is 38.5 Å².